The fourth-order valence-corrected chi connectivity index (χ4v) is 2.95. The molecule has 0 saturated carbocycles. The van der Waals surface area contributed by atoms with E-state index < -0.39 is 9.84 Å². The molecule has 0 spiro atoms. The zero-order valence-electron chi connectivity index (χ0n) is 11.3. The van der Waals surface area contributed by atoms with Crippen molar-refractivity contribution in [1.82, 2.24) is 10.6 Å². The highest BCUT2D eigenvalue weighted by Crippen LogP contribution is 2.22. The van der Waals surface area contributed by atoms with Gasteiger partial charge in [-0.05, 0) is 38.1 Å². The molecule has 0 radical (unpaired) electrons. The summed E-state index contributed by atoms with van der Waals surface area (Å²) < 4.78 is 24.9. The van der Waals surface area contributed by atoms with Gasteiger partial charge in [-0.2, -0.15) is 5.26 Å². The maximum Gasteiger partial charge on any atom is 0.220 e. The lowest BCUT2D eigenvalue weighted by molar-refractivity contribution is 0.600. The number of allylic oxidation sites excluding steroid dienone is 1. The van der Waals surface area contributed by atoms with Crippen LogP contribution in [0.5, 0.6) is 0 Å². The predicted molar refractivity (Wildman–Crippen MR) is 78.6 cm³/mol. The quantitative estimate of drug-likeness (QED) is 0.785. The lowest BCUT2D eigenvalue weighted by Gasteiger charge is -2.13. The Hall–Kier alpha value is -1.71. The van der Waals surface area contributed by atoms with Gasteiger partial charge in [0, 0.05) is 18.1 Å². The van der Waals surface area contributed by atoms with Crippen LogP contribution in [0.2, 0.25) is 5.02 Å². The highest BCUT2D eigenvalue weighted by molar-refractivity contribution is 7.95. The van der Waals surface area contributed by atoms with Gasteiger partial charge in [0.25, 0.3) is 0 Å². The summed E-state index contributed by atoms with van der Waals surface area (Å²) in [5.74, 6) is 0.215. The predicted octanol–water partition coefficient (Wildman–Crippen LogP) is 2.03. The average molecular weight is 314 g/mol. The zero-order chi connectivity index (χ0) is 15.2. The fourth-order valence-electron chi connectivity index (χ4n) is 1.56. The van der Waals surface area contributed by atoms with Gasteiger partial charge in [-0.15, -0.1) is 0 Å². The Morgan fingerprint density at radius 3 is 2.10 bits per heavy atom. The number of halogens is 1. The third-order valence-corrected chi connectivity index (χ3v) is 4.41. The van der Waals surface area contributed by atoms with E-state index in [9.17, 15) is 13.7 Å². The van der Waals surface area contributed by atoms with Crippen molar-refractivity contribution in [2.75, 3.05) is 13.1 Å². The molecule has 0 aromatic heterocycles. The topological polar surface area (TPSA) is 82.0 Å². The van der Waals surface area contributed by atoms with Gasteiger partial charge in [0.2, 0.25) is 9.84 Å². The van der Waals surface area contributed by atoms with Crippen LogP contribution in [-0.2, 0) is 9.84 Å². The molecule has 0 bridgehead atoms. The molecule has 0 fully saturated rings. The summed E-state index contributed by atoms with van der Waals surface area (Å²) in [7, 11) is -3.88. The van der Waals surface area contributed by atoms with E-state index >= 15 is 0 Å². The molecule has 2 N–H and O–H groups in total. The van der Waals surface area contributed by atoms with Gasteiger partial charge in [0.05, 0.1) is 4.90 Å². The van der Waals surface area contributed by atoms with E-state index in [4.69, 9.17) is 11.6 Å². The Labute approximate surface area is 124 Å². The normalized spacial score (nSPS) is 10.5. The van der Waals surface area contributed by atoms with Crippen molar-refractivity contribution in [1.29, 1.82) is 5.26 Å². The van der Waals surface area contributed by atoms with E-state index in [1.807, 2.05) is 13.8 Å². The summed E-state index contributed by atoms with van der Waals surface area (Å²) in [4.78, 5) is -0.296. The number of rotatable bonds is 6. The summed E-state index contributed by atoms with van der Waals surface area (Å²) in [6.07, 6.45) is 0. The number of nitrogens with one attached hydrogen (secondary N) is 2. The van der Waals surface area contributed by atoms with Crippen molar-refractivity contribution in [2.24, 2.45) is 0 Å². The van der Waals surface area contributed by atoms with E-state index in [-0.39, 0.29) is 15.6 Å². The number of nitriles is 1. The standard InChI is InChI=1S/C13H16ClN3O2S/c1-3-16-13(17-4-2)12(9-15)20(18,19)11-7-5-10(14)6-8-11/h5-8,16-17H,3-4H2,1-2H3. The molecule has 1 aromatic rings. The van der Waals surface area contributed by atoms with Crippen LogP contribution in [-0.4, -0.2) is 21.5 Å². The van der Waals surface area contributed by atoms with Crippen molar-refractivity contribution in [2.45, 2.75) is 18.7 Å². The number of nitrogens with zero attached hydrogens (tertiary/aromatic N) is 1. The van der Waals surface area contributed by atoms with Gasteiger partial charge in [0.15, 0.2) is 4.91 Å². The van der Waals surface area contributed by atoms with Crippen LogP contribution in [0.4, 0.5) is 0 Å². The van der Waals surface area contributed by atoms with Crippen molar-refractivity contribution < 1.29 is 8.42 Å². The van der Waals surface area contributed by atoms with Crippen LogP contribution in [0.25, 0.3) is 0 Å². The maximum absolute atomic E-state index is 12.5. The number of benzene rings is 1. The Morgan fingerprint density at radius 2 is 1.70 bits per heavy atom. The Kier molecular flexibility index (Phi) is 5.86. The van der Waals surface area contributed by atoms with Gasteiger partial charge in [0.1, 0.15) is 11.9 Å². The first-order valence-corrected chi connectivity index (χ1v) is 7.96. The van der Waals surface area contributed by atoms with E-state index in [1.54, 1.807) is 6.07 Å². The molecule has 7 heteroatoms. The molecule has 0 aliphatic rings. The second kappa shape index (κ2) is 7.17. The lowest BCUT2D eigenvalue weighted by atomic mass is 10.4. The van der Waals surface area contributed by atoms with Crippen molar-refractivity contribution in [3.63, 3.8) is 0 Å². The molecule has 20 heavy (non-hydrogen) atoms. The van der Waals surface area contributed by atoms with Crippen LogP contribution in [0.1, 0.15) is 13.8 Å². The second-order valence-electron chi connectivity index (χ2n) is 3.83. The third kappa shape index (κ3) is 3.65. The molecule has 0 amide bonds. The van der Waals surface area contributed by atoms with Gasteiger partial charge >= 0.3 is 0 Å². The molecular weight excluding hydrogens is 298 g/mol. The highest BCUT2D eigenvalue weighted by Gasteiger charge is 2.24. The smallest absolute Gasteiger partial charge is 0.220 e. The van der Waals surface area contributed by atoms with Gasteiger partial charge < -0.3 is 10.6 Å². The SMILES string of the molecule is CCNC(NCC)=C(C#N)S(=O)(=O)c1ccc(Cl)cc1. The summed E-state index contributed by atoms with van der Waals surface area (Å²) in [6.45, 7) is 4.65. The van der Waals surface area contributed by atoms with Crippen molar-refractivity contribution >= 4 is 21.4 Å². The first-order chi connectivity index (χ1) is 9.47. The summed E-state index contributed by atoms with van der Waals surface area (Å²) in [5.41, 5.74) is 0. The van der Waals surface area contributed by atoms with Crippen LogP contribution in [0, 0.1) is 11.3 Å². The van der Waals surface area contributed by atoms with Gasteiger partial charge in [-0.3, -0.25) is 0 Å². The Bertz CT molecular complexity index is 623. The third-order valence-electron chi connectivity index (χ3n) is 2.43. The molecule has 0 heterocycles. The monoisotopic (exact) mass is 313 g/mol. The summed E-state index contributed by atoms with van der Waals surface area (Å²) >= 11 is 5.74. The van der Waals surface area contributed by atoms with Gasteiger partial charge in [-0.25, -0.2) is 8.42 Å². The van der Waals surface area contributed by atoms with Crippen molar-refractivity contribution in [3.05, 3.63) is 40.0 Å². The second-order valence-corrected chi connectivity index (χ2v) is 6.16. The highest BCUT2D eigenvalue weighted by atomic mass is 35.5. The van der Waals surface area contributed by atoms with Crippen LogP contribution in [0.15, 0.2) is 39.9 Å². The van der Waals surface area contributed by atoms with Crippen molar-refractivity contribution in [3.8, 4) is 6.07 Å². The molecule has 1 aromatic carbocycles. The first kappa shape index (κ1) is 16.3. The van der Waals surface area contributed by atoms with Crippen LogP contribution in [0.3, 0.4) is 0 Å². The molecule has 1 rings (SSSR count). The maximum atomic E-state index is 12.5. The molecule has 108 valence electrons. The van der Waals surface area contributed by atoms with Crippen LogP contribution >= 0.6 is 11.6 Å². The fraction of sp³-hybridized carbons (Fsp3) is 0.308. The molecule has 5 nitrogen and oxygen atoms in total. The minimum Gasteiger partial charge on any atom is -0.370 e. The van der Waals surface area contributed by atoms with E-state index in [0.717, 1.165) is 0 Å². The Morgan fingerprint density at radius 1 is 1.20 bits per heavy atom. The minimum absolute atomic E-state index is 0.0340. The molecule has 0 aliphatic heterocycles. The molecule has 0 unspecified atom stereocenters. The molecule has 0 atom stereocenters. The number of sulfone groups is 1. The molecule has 0 aliphatic carbocycles. The molecular formula is C13H16ClN3O2S. The minimum atomic E-state index is -3.88. The summed E-state index contributed by atoms with van der Waals surface area (Å²) in [5, 5.41) is 15.4. The van der Waals surface area contributed by atoms with Crippen LogP contribution < -0.4 is 10.6 Å². The first-order valence-electron chi connectivity index (χ1n) is 6.10. The summed E-state index contributed by atoms with van der Waals surface area (Å²) in [6, 6.07) is 7.47. The Balaban J connectivity index is 3.38. The van der Waals surface area contributed by atoms with E-state index in [1.165, 1.54) is 24.3 Å². The largest absolute Gasteiger partial charge is 0.370 e. The van der Waals surface area contributed by atoms with Gasteiger partial charge in [-0.1, -0.05) is 11.6 Å². The zero-order valence-corrected chi connectivity index (χ0v) is 12.8. The lowest BCUT2D eigenvalue weighted by Crippen LogP contribution is -2.29. The molecule has 0 saturated heterocycles. The van der Waals surface area contributed by atoms with E-state index in [2.05, 4.69) is 10.6 Å². The average Bonchev–Trinajstić information content (AvgIpc) is 2.40. The number of hydrogen-bond donors (Lipinski definition) is 2. The number of hydrogen-bond acceptors (Lipinski definition) is 5. The van der Waals surface area contributed by atoms with E-state index in [0.29, 0.717) is 18.1 Å².